The van der Waals surface area contributed by atoms with Crippen LogP contribution in [0, 0.1) is 6.92 Å². The van der Waals surface area contributed by atoms with Crippen LogP contribution in [0.15, 0.2) is 42.5 Å². The third kappa shape index (κ3) is 4.10. The van der Waals surface area contributed by atoms with Crippen LogP contribution in [0.4, 0.5) is 5.69 Å². The van der Waals surface area contributed by atoms with Crippen molar-refractivity contribution in [1.82, 2.24) is 0 Å². The summed E-state index contributed by atoms with van der Waals surface area (Å²) >= 11 is 0. The van der Waals surface area contributed by atoms with Crippen LogP contribution in [0.25, 0.3) is 0 Å². The summed E-state index contributed by atoms with van der Waals surface area (Å²) in [6.07, 6.45) is 4.59. The average molecular weight is 281 g/mol. The number of rotatable bonds is 7. The van der Waals surface area contributed by atoms with Gasteiger partial charge in [0.2, 0.25) is 0 Å². The quantitative estimate of drug-likeness (QED) is 0.738. The van der Waals surface area contributed by atoms with Gasteiger partial charge in [-0.1, -0.05) is 56.7 Å². The van der Waals surface area contributed by atoms with Gasteiger partial charge in [-0.05, 0) is 54.5 Å². The second-order valence-electron chi connectivity index (χ2n) is 5.64. The summed E-state index contributed by atoms with van der Waals surface area (Å²) in [4.78, 5) is 0. The normalized spacial score (nSPS) is 10.6. The lowest BCUT2D eigenvalue weighted by molar-refractivity contribution is 0.894. The smallest absolute Gasteiger partial charge is 0.0372 e. The molecule has 2 rings (SSSR count). The highest BCUT2D eigenvalue weighted by Crippen LogP contribution is 2.24. The van der Waals surface area contributed by atoms with E-state index in [1.54, 1.807) is 0 Å². The molecule has 0 aromatic heterocycles. The maximum Gasteiger partial charge on any atom is 0.0372 e. The third-order valence-corrected chi connectivity index (χ3v) is 4.14. The molecule has 0 fully saturated rings. The van der Waals surface area contributed by atoms with Crippen molar-refractivity contribution >= 4 is 5.69 Å². The van der Waals surface area contributed by atoms with Gasteiger partial charge in [-0.25, -0.2) is 0 Å². The Kier molecular flexibility index (Phi) is 5.86. The molecule has 1 heteroatoms. The minimum Gasteiger partial charge on any atom is -0.384 e. The molecule has 21 heavy (non-hydrogen) atoms. The number of hydrogen-bond donors (Lipinski definition) is 1. The zero-order valence-corrected chi connectivity index (χ0v) is 13.6. The van der Waals surface area contributed by atoms with Gasteiger partial charge in [0.05, 0.1) is 0 Å². The molecule has 0 aliphatic rings. The van der Waals surface area contributed by atoms with Crippen LogP contribution in [-0.4, -0.2) is 6.54 Å². The Morgan fingerprint density at radius 2 is 1.67 bits per heavy atom. The minimum absolute atomic E-state index is 0.987. The van der Waals surface area contributed by atoms with Crippen molar-refractivity contribution in [3.8, 4) is 0 Å². The van der Waals surface area contributed by atoms with E-state index in [0.717, 1.165) is 19.4 Å². The molecule has 0 saturated heterocycles. The highest BCUT2D eigenvalue weighted by Gasteiger charge is 2.07. The Morgan fingerprint density at radius 3 is 2.33 bits per heavy atom. The van der Waals surface area contributed by atoms with Gasteiger partial charge in [0.15, 0.2) is 0 Å². The first-order valence-electron chi connectivity index (χ1n) is 8.15. The molecule has 0 atom stereocenters. The molecule has 1 nitrogen and oxygen atoms in total. The van der Waals surface area contributed by atoms with Crippen molar-refractivity contribution in [1.29, 1.82) is 0 Å². The van der Waals surface area contributed by atoms with Gasteiger partial charge in [0.25, 0.3) is 0 Å². The van der Waals surface area contributed by atoms with Crippen LogP contribution in [0.2, 0.25) is 0 Å². The maximum absolute atomic E-state index is 3.61. The number of benzene rings is 2. The SMILES string of the molecule is CCCc1ccc(NCCc2ccccc2)c(C)c1CC. The fourth-order valence-electron chi connectivity index (χ4n) is 2.99. The van der Waals surface area contributed by atoms with E-state index >= 15 is 0 Å². The minimum atomic E-state index is 0.987. The number of aryl methyl sites for hydroxylation is 1. The van der Waals surface area contributed by atoms with Crippen molar-refractivity contribution in [3.63, 3.8) is 0 Å². The topological polar surface area (TPSA) is 12.0 Å². The van der Waals surface area contributed by atoms with E-state index in [4.69, 9.17) is 0 Å². The van der Waals surface area contributed by atoms with Crippen molar-refractivity contribution in [3.05, 3.63) is 64.7 Å². The molecular formula is C20H27N. The lowest BCUT2D eigenvalue weighted by Crippen LogP contribution is -2.08. The Bertz CT molecular complexity index is 558. The van der Waals surface area contributed by atoms with Crippen LogP contribution in [0.5, 0.6) is 0 Å². The molecule has 0 amide bonds. The zero-order valence-electron chi connectivity index (χ0n) is 13.6. The molecule has 0 radical (unpaired) electrons. The van der Waals surface area contributed by atoms with Gasteiger partial charge in [-0.3, -0.25) is 0 Å². The predicted octanol–water partition coefficient (Wildman–Crippen LogP) is 5.16. The molecule has 0 unspecified atom stereocenters. The molecule has 0 saturated carbocycles. The van der Waals surface area contributed by atoms with Gasteiger partial charge >= 0.3 is 0 Å². The maximum atomic E-state index is 3.61. The Morgan fingerprint density at radius 1 is 0.905 bits per heavy atom. The van der Waals surface area contributed by atoms with Gasteiger partial charge in [-0.2, -0.15) is 0 Å². The first-order valence-corrected chi connectivity index (χ1v) is 8.15. The second-order valence-corrected chi connectivity index (χ2v) is 5.64. The molecule has 0 spiro atoms. The Labute approximate surface area is 129 Å². The second kappa shape index (κ2) is 7.87. The summed E-state index contributed by atoms with van der Waals surface area (Å²) in [7, 11) is 0. The summed E-state index contributed by atoms with van der Waals surface area (Å²) in [5.41, 5.74) is 7.16. The van der Waals surface area contributed by atoms with Gasteiger partial charge in [0, 0.05) is 12.2 Å². The van der Waals surface area contributed by atoms with Crippen molar-refractivity contribution in [2.75, 3.05) is 11.9 Å². The van der Waals surface area contributed by atoms with E-state index in [1.165, 1.54) is 40.8 Å². The van der Waals surface area contributed by atoms with Crippen molar-refractivity contribution < 1.29 is 0 Å². The van der Waals surface area contributed by atoms with E-state index < -0.39 is 0 Å². The van der Waals surface area contributed by atoms with Crippen molar-refractivity contribution in [2.45, 2.75) is 46.5 Å². The standard InChI is InChI=1S/C20H27N/c1-4-9-18-12-13-20(16(3)19(18)5-2)21-15-14-17-10-7-6-8-11-17/h6-8,10-13,21H,4-5,9,14-15H2,1-3H3. The number of anilines is 1. The molecule has 2 aromatic carbocycles. The summed E-state index contributed by atoms with van der Waals surface area (Å²) < 4.78 is 0. The molecule has 2 aromatic rings. The Hall–Kier alpha value is -1.76. The largest absolute Gasteiger partial charge is 0.384 e. The van der Waals surface area contributed by atoms with Crippen LogP contribution >= 0.6 is 0 Å². The predicted molar refractivity (Wildman–Crippen MR) is 93.2 cm³/mol. The van der Waals surface area contributed by atoms with Gasteiger partial charge < -0.3 is 5.32 Å². The molecule has 0 bridgehead atoms. The lowest BCUT2D eigenvalue weighted by atomic mass is 9.95. The summed E-state index contributed by atoms with van der Waals surface area (Å²) in [6.45, 7) is 7.75. The fraction of sp³-hybridized carbons (Fsp3) is 0.400. The summed E-state index contributed by atoms with van der Waals surface area (Å²) in [5, 5.41) is 3.61. The molecular weight excluding hydrogens is 254 g/mol. The third-order valence-electron chi connectivity index (χ3n) is 4.14. The molecule has 1 N–H and O–H groups in total. The van der Waals surface area contributed by atoms with Crippen LogP contribution in [0.3, 0.4) is 0 Å². The van der Waals surface area contributed by atoms with Crippen LogP contribution < -0.4 is 5.32 Å². The van der Waals surface area contributed by atoms with Crippen LogP contribution in [-0.2, 0) is 19.3 Å². The lowest BCUT2D eigenvalue weighted by Gasteiger charge is -2.16. The van der Waals surface area contributed by atoms with Gasteiger partial charge in [0.1, 0.15) is 0 Å². The average Bonchev–Trinajstić information content (AvgIpc) is 2.51. The monoisotopic (exact) mass is 281 g/mol. The fourth-order valence-corrected chi connectivity index (χ4v) is 2.99. The van der Waals surface area contributed by atoms with E-state index in [0.29, 0.717) is 0 Å². The van der Waals surface area contributed by atoms with Crippen LogP contribution in [0.1, 0.15) is 42.5 Å². The number of hydrogen-bond acceptors (Lipinski definition) is 1. The highest BCUT2D eigenvalue weighted by atomic mass is 14.9. The highest BCUT2D eigenvalue weighted by molar-refractivity contribution is 5.56. The van der Waals surface area contributed by atoms with E-state index in [-0.39, 0.29) is 0 Å². The molecule has 0 heterocycles. The first-order chi connectivity index (χ1) is 10.3. The zero-order chi connectivity index (χ0) is 15.1. The Balaban J connectivity index is 2.03. The van der Waals surface area contributed by atoms with E-state index in [2.05, 4.69) is 68.6 Å². The van der Waals surface area contributed by atoms with Gasteiger partial charge in [-0.15, -0.1) is 0 Å². The van der Waals surface area contributed by atoms with E-state index in [1.807, 2.05) is 0 Å². The number of nitrogens with one attached hydrogen (secondary N) is 1. The summed E-state index contributed by atoms with van der Waals surface area (Å²) in [5.74, 6) is 0. The molecule has 0 aliphatic heterocycles. The van der Waals surface area contributed by atoms with Crippen molar-refractivity contribution in [2.24, 2.45) is 0 Å². The molecule has 112 valence electrons. The van der Waals surface area contributed by atoms with E-state index in [9.17, 15) is 0 Å². The molecule has 0 aliphatic carbocycles. The summed E-state index contributed by atoms with van der Waals surface area (Å²) in [6, 6.07) is 15.2. The first kappa shape index (κ1) is 15.6.